The molecule has 0 aromatic rings. The normalized spacial score (nSPS) is 33.5. The highest BCUT2D eigenvalue weighted by Gasteiger charge is 2.48. The van der Waals surface area contributed by atoms with Crippen molar-refractivity contribution in [1.29, 1.82) is 0 Å². The Balaban J connectivity index is 1.84. The van der Waals surface area contributed by atoms with Crippen molar-refractivity contribution in [2.75, 3.05) is 0 Å². The molecule has 0 N–H and O–H groups in total. The van der Waals surface area contributed by atoms with Crippen molar-refractivity contribution in [3.05, 3.63) is 0 Å². The van der Waals surface area contributed by atoms with Crippen molar-refractivity contribution in [3.63, 3.8) is 0 Å². The van der Waals surface area contributed by atoms with Gasteiger partial charge in [0.25, 0.3) is 0 Å². The van der Waals surface area contributed by atoms with E-state index in [2.05, 4.69) is 6.92 Å². The van der Waals surface area contributed by atoms with Crippen LogP contribution in [-0.4, -0.2) is 24.7 Å². The van der Waals surface area contributed by atoms with E-state index in [0.717, 1.165) is 25.7 Å². The lowest BCUT2D eigenvalue weighted by Crippen LogP contribution is -2.36. The number of carbonyl (C=O) groups is 1. The highest BCUT2D eigenvalue weighted by Crippen LogP contribution is 2.41. The summed E-state index contributed by atoms with van der Waals surface area (Å²) in [5, 5.41) is -0.415. The Morgan fingerprint density at radius 3 is 2.22 bits per heavy atom. The lowest BCUT2D eigenvalue weighted by Gasteiger charge is -2.26. The maximum Gasteiger partial charge on any atom is 0.156 e. The minimum absolute atomic E-state index is 0.0349. The lowest BCUT2D eigenvalue weighted by atomic mass is 9.91. The molecule has 2 unspecified atom stereocenters. The molecule has 2 saturated heterocycles. The van der Waals surface area contributed by atoms with Crippen LogP contribution in [0.15, 0.2) is 0 Å². The monoisotopic (exact) mass is 272 g/mol. The van der Waals surface area contributed by atoms with Crippen molar-refractivity contribution in [2.45, 2.75) is 75.2 Å². The number of carbonyl (C=O) groups excluding carboxylic acids is 1. The zero-order valence-corrected chi connectivity index (χ0v) is 12.0. The summed E-state index contributed by atoms with van der Waals surface area (Å²) in [6.07, 6.45) is 7.91. The van der Waals surface area contributed by atoms with Gasteiger partial charge < -0.3 is 0 Å². The fourth-order valence-electron chi connectivity index (χ4n) is 3.40. The Kier molecular flexibility index (Phi) is 4.46. The van der Waals surface area contributed by atoms with Crippen molar-refractivity contribution in [3.8, 4) is 0 Å². The molecular formula is C14H24O3S. The van der Waals surface area contributed by atoms with E-state index in [9.17, 15) is 13.2 Å². The van der Waals surface area contributed by atoms with E-state index in [1.807, 2.05) is 0 Å². The minimum atomic E-state index is -2.88. The number of sulfone groups is 1. The van der Waals surface area contributed by atoms with Crippen LogP contribution in [0, 0.1) is 5.92 Å². The maximum atomic E-state index is 12.1. The molecule has 3 nitrogen and oxygen atoms in total. The van der Waals surface area contributed by atoms with Gasteiger partial charge >= 0.3 is 0 Å². The number of fused-ring (bicyclic) bond motifs is 2. The summed E-state index contributed by atoms with van der Waals surface area (Å²) in [5.74, 6) is 0.352. The average molecular weight is 272 g/mol. The molecular weight excluding hydrogens is 248 g/mol. The summed E-state index contributed by atoms with van der Waals surface area (Å²) in [6.45, 7) is 2.16. The van der Waals surface area contributed by atoms with E-state index < -0.39 is 9.84 Å². The molecule has 0 spiro atoms. The van der Waals surface area contributed by atoms with Gasteiger partial charge in [0.2, 0.25) is 0 Å². The van der Waals surface area contributed by atoms with E-state index in [4.69, 9.17) is 0 Å². The van der Waals surface area contributed by atoms with Crippen LogP contribution in [0.4, 0.5) is 0 Å². The number of hydrogen-bond acceptors (Lipinski definition) is 3. The van der Waals surface area contributed by atoms with Crippen LogP contribution in [-0.2, 0) is 14.6 Å². The summed E-state index contributed by atoms with van der Waals surface area (Å²) in [7, 11) is -2.88. The Morgan fingerprint density at radius 2 is 1.67 bits per heavy atom. The summed E-state index contributed by atoms with van der Waals surface area (Å²) in [6, 6.07) is 0. The molecule has 0 aromatic heterocycles. The van der Waals surface area contributed by atoms with Crippen molar-refractivity contribution in [2.24, 2.45) is 5.92 Å². The Labute approximate surface area is 110 Å². The second kappa shape index (κ2) is 5.72. The second-order valence-electron chi connectivity index (χ2n) is 5.86. The van der Waals surface area contributed by atoms with Crippen LogP contribution >= 0.6 is 0 Å². The van der Waals surface area contributed by atoms with E-state index in [1.54, 1.807) is 0 Å². The molecule has 0 amide bonds. The van der Waals surface area contributed by atoms with Crippen molar-refractivity contribution in [1.82, 2.24) is 0 Å². The van der Waals surface area contributed by atoms with Gasteiger partial charge in [0, 0.05) is 12.3 Å². The topological polar surface area (TPSA) is 51.2 Å². The number of Topliss-reactive ketones (excluding diaryl/α,β-unsaturated/α-hetero) is 1. The first-order chi connectivity index (χ1) is 8.55. The molecule has 2 rings (SSSR count). The van der Waals surface area contributed by atoms with Gasteiger partial charge in [-0.1, -0.05) is 26.2 Å². The molecule has 2 atom stereocenters. The predicted octanol–water partition coefficient (Wildman–Crippen LogP) is 2.88. The van der Waals surface area contributed by atoms with Gasteiger partial charge in [-0.25, -0.2) is 8.42 Å². The summed E-state index contributed by atoms with van der Waals surface area (Å²) in [4.78, 5) is 12.1. The van der Waals surface area contributed by atoms with Crippen LogP contribution in [0.3, 0.4) is 0 Å². The van der Waals surface area contributed by atoms with Gasteiger partial charge in [-0.05, 0) is 32.1 Å². The molecule has 18 heavy (non-hydrogen) atoms. The molecule has 0 saturated carbocycles. The molecule has 2 aliphatic rings. The third-order valence-corrected chi connectivity index (χ3v) is 7.28. The maximum absolute atomic E-state index is 12.1. The van der Waals surface area contributed by atoms with E-state index >= 15 is 0 Å². The number of unbranched alkanes of at least 4 members (excludes halogenated alkanes) is 3. The summed E-state index contributed by atoms with van der Waals surface area (Å²) >= 11 is 0. The first-order valence-corrected chi connectivity index (χ1v) is 8.92. The van der Waals surface area contributed by atoms with Gasteiger partial charge in [-0.2, -0.15) is 0 Å². The van der Waals surface area contributed by atoms with Gasteiger partial charge in [0.15, 0.2) is 9.84 Å². The zero-order valence-electron chi connectivity index (χ0n) is 11.2. The van der Waals surface area contributed by atoms with Crippen LogP contribution in [0.1, 0.15) is 64.7 Å². The molecule has 2 fully saturated rings. The minimum Gasteiger partial charge on any atom is -0.299 e. The third kappa shape index (κ3) is 2.79. The lowest BCUT2D eigenvalue weighted by molar-refractivity contribution is -0.123. The summed E-state index contributed by atoms with van der Waals surface area (Å²) in [5.41, 5.74) is 0. The van der Waals surface area contributed by atoms with Crippen LogP contribution in [0.25, 0.3) is 0 Å². The highest BCUT2D eigenvalue weighted by molar-refractivity contribution is 7.93. The van der Waals surface area contributed by atoms with Crippen LogP contribution in [0.2, 0.25) is 0 Å². The average Bonchev–Trinajstić information content (AvgIpc) is 2.56. The van der Waals surface area contributed by atoms with Crippen LogP contribution in [0.5, 0.6) is 0 Å². The zero-order chi connectivity index (χ0) is 13.2. The SMILES string of the molecule is CCCCCCC(=O)C1CC2CCC(C1)S2(=O)=O. The van der Waals surface area contributed by atoms with Crippen molar-refractivity contribution >= 4 is 15.6 Å². The number of ketones is 1. The molecule has 104 valence electrons. The van der Waals surface area contributed by atoms with Gasteiger partial charge in [-0.15, -0.1) is 0 Å². The number of rotatable bonds is 6. The van der Waals surface area contributed by atoms with E-state index in [0.29, 0.717) is 25.0 Å². The van der Waals surface area contributed by atoms with E-state index in [-0.39, 0.29) is 16.4 Å². The Hall–Kier alpha value is -0.380. The first-order valence-electron chi connectivity index (χ1n) is 7.31. The van der Waals surface area contributed by atoms with Crippen molar-refractivity contribution < 1.29 is 13.2 Å². The molecule has 4 heteroatoms. The quantitative estimate of drug-likeness (QED) is 0.699. The Morgan fingerprint density at radius 1 is 1.06 bits per heavy atom. The molecule has 0 aliphatic carbocycles. The standard InChI is InChI=1S/C14H24O3S/c1-2-3-4-5-6-14(15)11-9-12-7-8-13(10-11)18(12,16)17/h11-13H,2-10H2,1H3. The molecule has 0 radical (unpaired) electrons. The fraction of sp³-hybridized carbons (Fsp3) is 0.929. The molecule has 2 bridgehead atoms. The smallest absolute Gasteiger partial charge is 0.156 e. The first kappa shape index (κ1) is 14.0. The molecule has 0 aromatic carbocycles. The number of hydrogen-bond donors (Lipinski definition) is 0. The van der Waals surface area contributed by atoms with E-state index in [1.165, 1.54) is 12.8 Å². The Bertz CT molecular complexity index is 379. The molecule has 2 heterocycles. The highest BCUT2D eigenvalue weighted by atomic mass is 32.2. The fourth-order valence-corrected chi connectivity index (χ4v) is 5.88. The molecule has 2 aliphatic heterocycles. The van der Waals surface area contributed by atoms with Gasteiger partial charge in [0.1, 0.15) is 5.78 Å². The second-order valence-corrected chi connectivity index (χ2v) is 8.37. The summed E-state index contributed by atoms with van der Waals surface area (Å²) < 4.78 is 23.9. The van der Waals surface area contributed by atoms with Gasteiger partial charge in [0.05, 0.1) is 10.5 Å². The third-order valence-electron chi connectivity index (χ3n) is 4.57. The predicted molar refractivity (Wildman–Crippen MR) is 72.2 cm³/mol. The largest absolute Gasteiger partial charge is 0.299 e. The van der Waals surface area contributed by atoms with Gasteiger partial charge in [-0.3, -0.25) is 4.79 Å². The van der Waals surface area contributed by atoms with Crippen LogP contribution < -0.4 is 0 Å².